The van der Waals surface area contributed by atoms with E-state index in [0.29, 0.717) is 16.6 Å². The van der Waals surface area contributed by atoms with Gasteiger partial charge in [0.05, 0.1) is 16.8 Å². The second-order valence-corrected chi connectivity index (χ2v) is 4.85. The van der Waals surface area contributed by atoms with Gasteiger partial charge in [0.1, 0.15) is 0 Å². The van der Waals surface area contributed by atoms with Gasteiger partial charge in [-0.25, -0.2) is 9.36 Å². The molecule has 2 N–H and O–H groups in total. The summed E-state index contributed by atoms with van der Waals surface area (Å²) in [5.74, 6) is -1.08. The molecule has 1 heterocycles. The number of hydrogen-bond donors (Lipinski definition) is 2. The largest absolute Gasteiger partial charge is 0.527 e. The van der Waals surface area contributed by atoms with Gasteiger partial charge < -0.3 is 4.52 Å². The molecule has 0 saturated heterocycles. The van der Waals surface area contributed by atoms with Crippen molar-refractivity contribution < 1.29 is 23.7 Å². The Labute approximate surface area is 102 Å². The zero-order valence-electron chi connectivity index (χ0n) is 9.40. The molecule has 0 amide bonds. The maximum Gasteiger partial charge on any atom is 0.527 e. The molecule has 2 aromatic rings. The van der Waals surface area contributed by atoms with Crippen molar-refractivity contribution in [1.29, 1.82) is 0 Å². The van der Waals surface area contributed by atoms with E-state index < -0.39 is 13.8 Å². The highest BCUT2D eigenvalue weighted by Gasteiger charge is 2.23. The summed E-state index contributed by atoms with van der Waals surface area (Å²) in [5, 5.41) is 0.695. The number of para-hydroxylation sites is 1. The number of aryl methyl sites for hydroxylation is 1. The van der Waals surface area contributed by atoms with Crippen molar-refractivity contribution in [2.45, 2.75) is 6.92 Å². The van der Waals surface area contributed by atoms with Crippen LogP contribution in [0.15, 0.2) is 30.3 Å². The first-order valence-electron chi connectivity index (χ1n) is 5.03. The van der Waals surface area contributed by atoms with Crippen LogP contribution in [0.3, 0.4) is 0 Å². The number of benzene rings is 1. The number of rotatable bonds is 2. The smallest absolute Gasteiger partial charge is 0.367 e. The van der Waals surface area contributed by atoms with Crippen LogP contribution in [0.2, 0.25) is 0 Å². The molecule has 0 atom stereocenters. The Morgan fingerprint density at radius 2 is 2.00 bits per heavy atom. The molecule has 0 spiro atoms. The number of pyridine rings is 1. The second-order valence-electron chi connectivity index (χ2n) is 3.68. The molecular weight excluding hydrogens is 257 g/mol. The molecule has 0 aliphatic heterocycles. The average Bonchev–Trinajstić information content (AvgIpc) is 2.25. The molecule has 0 aliphatic carbocycles. The van der Waals surface area contributed by atoms with E-state index in [1.54, 1.807) is 25.1 Å². The minimum absolute atomic E-state index is 0.0389. The topological polar surface area (TPSA) is 96.7 Å². The quantitative estimate of drug-likeness (QED) is 0.805. The SMILES string of the molecule is Cc1nc2ccccc2cc1C(=O)OP(=O)(O)O. The Bertz CT molecular complexity index is 664. The number of fused-ring (bicyclic) bond motifs is 1. The van der Waals surface area contributed by atoms with Crippen LogP contribution in [-0.2, 0) is 9.09 Å². The van der Waals surface area contributed by atoms with Gasteiger partial charge in [-0.05, 0) is 19.1 Å². The van der Waals surface area contributed by atoms with Gasteiger partial charge in [-0.15, -0.1) is 0 Å². The third kappa shape index (κ3) is 2.73. The van der Waals surface area contributed by atoms with Crippen molar-refractivity contribution in [3.8, 4) is 0 Å². The van der Waals surface area contributed by atoms with E-state index in [9.17, 15) is 9.36 Å². The lowest BCUT2D eigenvalue weighted by Gasteiger charge is -2.08. The molecule has 94 valence electrons. The van der Waals surface area contributed by atoms with Crippen LogP contribution in [0.25, 0.3) is 10.9 Å². The van der Waals surface area contributed by atoms with Gasteiger partial charge in [0.25, 0.3) is 0 Å². The second kappa shape index (κ2) is 4.49. The summed E-state index contributed by atoms with van der Waals surface area (Å²) in [6.07, 6.45) is 0. The molecule has 0 bridgehead atoms. The molecule has 0 aliphatic rings. The zero-order chi connectivity index (χ0) is 13.3. The Kier molecular flexibility index (Phi) is 3.17. The lowest BCUT2D eigenvalue weighted by Crippen LogP contribution is -2.06. The predicted molar refractivity (Wildman–Crippen MR) is 63.9 cm³/mol. The molecule has 0 fully saturated rings. The molecule has 1 aromatic heterocycles. The van der Waals surface area contributed by atoms with Crippen LogP contribution in [0.5, 0.6) is 0 Å². The van der Waals surface area contributed by atoms with Crippen molar-refractivity contribution in [1.82, 2.24) is 4.98 Å². The Morgan fingerprint density at radius 3 is 2.67 bits per heavy atom. The first-order valence-corrected chi connectivity index (χ1v) is 6.56. The summed E-state index contributed by atoms with van der Waals surface area (Å²) in [4.78, 5) is 32.9. The highest BCUT2D eigenvalue weighted by molar-refractivity contribution is 7.46. The Hall–Kier alpha value is -1.75. The first-order chi connectivity index (χ1) is 8.37. The number of hydrogen-bond acceptors (Lipinski definition) is 4. The lowest BCUT2D eigenvalue weighted by atomic mass is 10.1. The maximum atomic E-state index is 11.6. The zero-order valence-corrected chi connectivity index (χ0v) is 10.3. The van der Waals surface area contributed by atoms with Crippen molar-refractivity contribution >= 4 is 24.7 Å². The monoisotopic (exact) mass is 267 g/mol. The Balaban J connectivity index is 2.48. The fourth-order valence-corrected chi connectivity index (χ4v) is 1.89. The molecule has 0 unspecified atom stereocenters. The van der Waals surface area contributed by atoms with Gasteiger partial charge >= 0.3 is 13.8 Å². The molecule has 18 heavy (non-hydrogen) atoms. The third-order valence-corrected chi connectivity index (χ3v) is 2.74. The molecule has 7 heteroatoms. The van der Waals surface area contributed by atoms with E-state index in [0.717, 1.165) is 0 Å². The van der Waals surface area contributed by atoms with E-state index in [2.05, 4.69) is 9.51 Å². The van der Waals surface area contributed by atoms with E-state index in [-0.39, 0.29) is 5.56 Å². The van der Waals surface area contributed by atoms with Crippen molar-refractivity contribution in [2.24, 2.45) is 0 Å². The number of carbonyl (C=O) groups excluding carboxylic acids is 1. The van der Waals surface area contributed by atoms with E-state index in [1.165, 1.54) is 6.07 Å². The van der Waals surface area contributed by atoms with Gasteiger partial charge in [0.15, 0.2) is 0 Å². The summed E-state index contributed by atoms with van der Waals surface area (Å²) >= 11 is 0. The van der Waals surface area contributed by atoms with Gasteiger partial charge in [0, 0.05) is 5.39 Å². The standard InChI is InChI=1S/C11H10NO5P/c1-7-9(11(13)17-18(14,15)16)6-8-4-2-3-5-10(8)12-7/h2-6H,1H3,(H2,14,15,16). The van der Waals surface area contributed by atoms with Gasteiger partial charge in [-0.3, -0.25) is 14.8 Å². The van der Waals surface area contributed by atoms with Crippen molar-refractivity contribution in [3.63, 3.8) is 0 Å². The minimum Gasteiger partial charge on any atom is -0.367 e. The predicted octanol–water partition coefficient (Wildman–Crippen LogP) is 1.79. The summed E-state index contributed by atoms with van der Waals surface area (Å²) < 4.78 is 14.7. The van der Waals surface area contributed by atoms with Crippen LogP contribution >= 0.6 is 7.82 Å². The molecule has 1 aromatic carbocycles. The van der Waals surface area contributed by atoms with E-state index in [1.807, 2.05) is 6.07 Å². The van der Waals surface area contributed by atoms with Gasteiger partial charge in [-0.2, -0.15) is 0 Å². The summed E-state index contributed by atoms with van der Waals surface area (Å²) in [6.45, 7) is 1.57. The highest BCUT2D eigenvalue weighted by Crippen LogP contribution is 2.37. The van der Waals surface area contributed by atoms with Crippen LogP contribution in [0.1, 0.15) is 16.1 Å². The Morgan fingerprint density at radius 1 is 1.33 bits per heavy atom. The van der Waals surface area contributed by atoms with Gasteiger partial charge in [-0.1, -0.05) is 18.2 Å². The highest BCUT2D eigenvalue weighted by atomic mass is 31.2. The normalized spacial score (nSPS) is 11.5. The van der Waals surface area contributed by atoms with Crippen LogP contribution in [0.4, 0.5) is 0 Å². The van der Waals surface area contributed by atoms with Crippen LogP contribution in [0, 0.1) is 6.92 Å². The molecular formula is C11H10NO5P. The fraction of sp³-hybridized carbons (Fsp3) is 0.0909. The van der Waals surface area contributed by atoms with Crippen molar-refractivity contribution in [3.05, 3.63) is 41.6 Å². The number of carbonyl (C=O) groups is 1. The summed E-state index contributed by atoms with van der Waals surface area (Å²) in [7, 11) is -4.84. The lowest BCUT2D eigenvalue weighted by molar-refractivity contribution is 0.0677. The summed E-state index contributed by atoms with van der Waals surface area (Å²) in [6, 6.07) is 8.60. The minimum atomic E-state index is -4.84. The average molecular weight is 267 g/mol. The molecule has 0 radical (unpaired) electrons. The number of phosphoric acid groups is 1. The molecule has 0 saturated carbocycles. The molecule has 6 nitrogen and oxygen atoms in total. The fourth-order valence-electron chi connectivity index (χ4n) is 1.58. The number of nitrogens with zero attached hydrogens (tertiary/aromatic N) is 1. The first kappa shape index (κ1) is 12.7. The number of phosphoric ester groups is 1. The maximum absolute atomic E-state index is 11.6. The van der Waals surface area contributed by atoms with E-state index >= 15 is 0 Å². The number of aromatic nitrogens is 1. The van der Waals surface area contributed by atoms with Crippen LogP contribution in [-0.4, -0.2) is 20.7 Å². The third-order valence-electron chi connectivity index (χ3n) is 2.34. The van der Waals surface area contributed by atoms with E-state index in [4.69, 9.17) is 9.79 Å². The molecule has 2 rings (SSSR count). The van der Waals surface area contributed by atoms with Crippen LogP contribution < -0.4 is 0 Å². The summed E-state index contributed by atoms with van der Waals surface area (Å²) in [5.41, 5.74) is 1.09. The van der Waals surface area contributed by atoms with Crippen molar-refractivity contribution in [2.75, 3.05) is 0 Å². The van der Waals surface area contributed by atoms with Gasteiger partial charge in [0.2, 0.25) is 0 Å².